The molecule has 2 aromatic rings. The van der Waals surface area contributed by atoms with Crippen LogP contribution in [0.5, 0.6) is 0 Å². The Hall–Kier alpha value is -0.590. The van der Waals surface area contributed by atoms with Crippen molar-refractivity contribution >= 4 is 58.3 Å². The lowest BCUT2D eigenvalue weighted by Gasteiger charge is -2.10. The molecule has 2 aromatic carbocycles. The molecule has 1 N–H and O–H groups in total. The van der Waals surface area contributed by atoms with Crippen molar-refractivity contribution in [2.75, 3.05) is 9.38 Å². The molecule has 0 atom stereocenters. The van der Waals surface area contributed by atoms with E-state index in [1.165, 1.54) is 0 Å². The Balaban J connectivity index is 2.60. The second-order valence-corrected chi connectivity index (χ2v) is 7.35. The van der Waals surface area contributed by atoms with E-state index in [-0.39, 0.29) is 4.66 Å². The number of nitrogens with one attached hydrogen (secondary N) is 1. The van der Waals surface area contributed by atoms with Gasteiger partial charge >= 0.3 is 0 Å². The monoisotopic (exact) mass is 377 g/mol. The van der Waals surface area contributed by atoms with Gasteiger partial charge in [-0.25, -0.2) is 8.42 Å². The zero-order chi connectivity index (χ0) is 12.5. The quantitative estimate of drug-likeness (QED) is 0.827. The van der Waals surface area contributed by atoms with Crippen LogP contribution in [0.25, 0.3) is 10.8 Å². The second-order valence-electron chi connectivity index (χ2n) is 3.47. The highest BCUT2D eigenvalue weighted by atomic mass is 79.9. The van der Waals surface area contributed by atoms with Gasteiger partial charge in [0.15, 0.2) is 0 Å². The van der Waals surface area contributed by atoms with Crippen molar-refractivity contribution in [3.63, 3.8) is 0 Å². The van der Waals surface area contributed by atoms with E-state index >= 15 is 0 Å². The van der Waals surface area contributed by atoms with Crippen molar-refractivity contribution in [3.05, 3.63) is 40.9 Å². The third-order valence-corrected chi connectivity index (χ3v) is 5.60. The average molecular weight is 379 g/mol. The van der Waals surface area contributed by atoms with Crippen molar-refractivity contribution in [3.8, 4) is 0 Å². The third-order valence-electron chi connectivity index (χ3n) is 2.28. The van der Waals surface area contributed by atoms with Crippen molar-refractivity contribution in [2.24, 2.45) is 0 Å². The molecule has 0 saturated heterocycles. The number of fused-ring (bicyclic) bond motifs is 1. The van der Waals surface area contributed by atoms with Crippen LogP contribution in [0.3, 0.4) is 0 Å². The van der Waals surface area contributed by atoms with E-state index < -0.39 is 10.0 Å². The molecule has 6 heteroatoms. The molecule has 90 valence electrons. The van der Waals surface area contributed by atoms with Gasteiger partial charge in [0.25, 0.3) is 0 Å². The molecule has 2 rings (SSSR count). The number of anilines is 1. The molecule has 0 bridgehead atoms. The van der Waals surface area contributed by atoms with Gasteiger partial charge in [0, 0.05) is 9.86 Å². The number of sulfonamides is 1. The molecular weight excluding hydrogens is 370 g/mol. The van der Waals surface area contributed by atoms with E-state index in [4.69, 9.17) is 0 Å². The van der Waals surface area contributed by atoms with Gasteiger partial charge in [0.1, 0.15) is 4.66 Å². The van der Waals surface area contributed by atoms with Crippen LogP contribution in [0.15, 0.2) is 40.9 Å². The van der Waals surface area contributed by atoms with E-state index in [1.54, 1.807) is 6.07 Å². The summed E-state index contributed by atoms with van der Waals surface area (Å²) in [7, 11) is -3.33. The van der Waals surface area contributed by atoms with Crippen molar-refractivity contribution in [1.29, 1.82) is 0 Å². The summed E-state index contributed by atoms with van der Waals surface area (Å²) < 4.78 is 26.4. The average Bonchev–Trinajstić information content (AvgIpc) is 2.33. The van der Waals surface area contributed by atoms with Gasteiger partial charge in [-0.05, 0) is 17.5 Å². The first-order valence-corrected chi connectivity index (χ1v) is 8.34. The summed E-state index contributed by atoms with van der Waals surface area (Å²) in [5.74, 6) is 0. The summed E-state index contributed by atoms with van der Waals surface area (Å²) >= 11 is 6.39. The predicted octanol–water partition coefficient (Wildman–Crippen LogP) is 3.70. The molecule has 3 nitrogen and oxygen atoms in total. The summed E-state index contributed by atoms with van der Waals surface area (Å²) in [6.07, 6.45) is 0. The summed E-state index contributed by atoms with van der Waals surface area (Å²) in [5.41, 5.74) is 0.586. The van der Waals surface area contributed by atoms with Gasteiger partial charge in [0.2, 0.25) is 10.0 Å². The summed E-state index contributed by atoms with van der Waals surface area (Å²) in [6.45, 7) is 0. The first-order chi connectivity index (χ1) is 8.03. The highest BCUT2D eigenvalue weighted by Gasteiger charge is 2.11. The zero-order valence-electron chi connectivity index (χ0n) is 8.65. The Morgan fingerprint density at radius 2 is 1.71 bits per heavy atom. The van der Waals surface area contributed by atoms with Gasteiger partial charge in [-0.3, -0.25) is 4.72 Å². The van der Waals surface area contributed by atoms with Crippen molar-refractivity contribution in [2.45, 2.75) is 0 Å². The van der Waals surface area contributed by atoms with E-state index in [1.807, 2.05) is 30.3 Å². The van der Waals surface area contributed by atoms with Crippen molar-refractivity contribution < 1.29 is 8.42 Å². The Morgan fingerprint density at radius 1 is 1.06 bits per heavy atom. The molecule has 0 radical (unpaired) electrons. The molecule has 17 heavy (non-hydrogen) atoms. The van der Waals surface area contributed by atoms with Crippen LogP contribution in [-0.2, 0) is 10.0 Å². The first-order valence-electron chi connectivity index (χ1n) is 4.77. The SMILES string of the molecule is O=S(=O)(CBr)Nc1ccc(Br)c2ccccc12. The number of hydrogen-bond acceptors (Lipinski definition) is 2. The molecule has 0 heterocycles. The van der Waals surface area contributed by atoms with E-state index in [0.29, 0.717) is 5.69 Å². The molecule has 0 spiro atoms. The number of hydrogen-bond donors (Lipinski definition) is 1. The van der Waals surface area contributed by atoms with Gasteiger partial charge in [-0.1, -0.05) is 56.1 Å². The van der Waals surface area contributed by atoms with Gasteiger partial charge in [-0.15, -0.1) is 0 Å². The molecule has 0 fully saturated rings. The second kappa shape index (κ2) is 4.96. The Kier molecular flexibility index (Phi) is 3.75. The minimum atomic E-state index is -3.33. The lowest BCUT2D eigenvalue weighted by Crippen LogP contribution is -2.13. The Bertz CT molecular complexity index is 656. The lowest BCUT2D eigenvalue weighted by atomic mass is 10.1. The number of benzene rings is 2. The maximum absolute atomic E-state index is 11.5. The number of alkyl halides is 1. The third kappa shape index (κ3) is 2.81. The van der Waals surface area contributed by atoms with Crippen LogP contribution >= 0.6 is 31.9 Å². The molecule has 0 amide bonds. The molecule has 0 aliphatic heterocycles. The summed E-state index contributed by atoms with van der Waals surface area (Å²) in [6, 6.07) is 11.2. The van der Waals surface area contributed by atoms with Crippen LogP contribution in [0, 0.1) is 0 Å². The van der Waals surface area contributed by atoms with E-state index in [0.717, 1.165) is 15.2 Å². The largest absolute Gasteiger partial charge is 0.282 e. The predicted molar refractivity (Wildman–Crippen MR) is 78.0 cm³/mol. The fraction of sp³-hybridized carbons (Fsp3) is 0.0909. The topological polar surface area (TPSA) is 46.2 Å². The highest BCUT2D eigenvalue weighted by molar-refractivity contribution is 9.11. The zero-order valence-corrected chi connectivity index (χ0v) is 12.6. The molecule has 0 aliphatic carbocycles. The van der Waals surface area contributed by atoms with Crippen LogP contribution < -0.4 is 4.72 Å². The summed E-state index contributed by atoms with van der Waals surface area (Å²) in [4.78, 5) is 0. The van der Waals surface area contributed by atoms with Crippen LogP contribution in [0.4, 0.5) is 5.69 Å². The highest BCUT2D eigenvalue weighted by Crippen LogP contribution is 2.30. The molecule has 0 aromatic heterocycles. The van der Waals surface area contributed by atoms with Crippen LogP contribution in [0.2, 0.25) is 0 Å². The standard InChI is InChI=1S/C11H9Br2NO2S/c12-7-17(15,16)14-11-6-5-10(13)8-3-1-2-4-9(8)11/h1-6,14H,7H2. The lowest BCUT2D eigenvalue weighted by molar-refractivity contribution is 0.606. The normalized spacial score (nSPS) is 11.6. The smallest absolute Gasteiger partial charge is 0.242 e. The summed E-state index contributed by atoms with van der Waals surface area (Å²) in [5, 5.41) is 1.84. The molecular formula is C11H9Br2NO2S. The maximum Gasteiger partial charge on any atom is 0.242 e. The van der Waals surface area contributed by atoms with Crippen LogP contribution in [0.1, 0.15) is 0 Å². The van der Waals surface area contributed by atoms with E-state index in [9.17, 15) is 8.42 Å². The minimum Gasteiger partial charge on any atom is -0.282 e. The Morgan fingerprint density at radius 3 is 2.35 bits per heavy atom. The molecule has 0 saturated carbocycles. The minimum absolute atomic E-state index is 0.121. The molecule has 0 unspecified atom stereocenters. The number of rotatable bonds is 3. The van der Waals surface area contributed by atoms with Gasteiger partial charge in [0.05, 0.1) is 5.69 Å². The van der Waals surface area contributed by atoms with Crippen molar-refractivity contribution in [1.82, 2.24) is 0 Å². The fourth-order valence-corrected chi connectivity index (χ4v) is 2.94. The van der Waals surface area contributed by atoms with E-state index in [2.05, 4.69) is 36.6 Å². The van der Waals surface area contributed by atoms with Gasteiger partial charge < -0.3 is 0 Å². The maximum atomic E-state index is 11.5. The molecule has 0 aliphatic rings. The van der Waals surface area contributed by atoms with Crippen LogP contribution in [-0.4, -0.2) is 13.1 Å². The fourth-order valence-electron chi connectivity index (χ4n) is 1.55. The first kappa shape index (κ1) is 12.9. The van der Waals surface area contributed by atoms with Gasteiger partial charge in [-0.2, -0.15) is 0 Å². The Labute approximate surface area is 117 Å². The number of halogens is 2.